The molecule has 0 aromatic rings. The van der Waals surface area contributed by atoms with Gasteiger partial charge in [-0.05, 0) is 18.9 Å². The molecule has 0 aliphatic rings. The minimum absolute atomic E-state index is 0.214. The van der Waals surface area contributed by atoms with Gasteiger partial charge >= 0.3 is 0 Å². The molecule has 0 aromatic heterocycles. The molecule has 0 heterocycles. The first kappa shape index (κ1) is 9.50. The van der Waals surface area contributed by atoms with E-state index in [1.54, 1.807) is 13.2 Å². The largest absolute Gasteiger partial charge is 0.499 e. The summed E-state index contributed by atoms with van der Waals surface area (Å²) in [6.45, 7) is 5.75. The molecule has 1 atom stereocenters. The summed E-state index contributed by atoms with van der Waals surface area (Å²) in [5.41, 5.74) is 0. The van der Waals surface area contributed by atoms with Crippen LogP contribution in [0.15, 0.2) is 11.8 Å². The molecule has 0 bridgehead atoms. The smallest absolute Gasteiger partial charge is 0.120 e. The molecular weight excluding hydrogens is 128 g/mol. The van der Waals surface area contributed by atoms with Crippen molar-refractivity contribution >= 4 is 0 Å². The van der Waals surface area contributed by atoms with Crippen LogP contribution in [0.1, 0.15) is 20.8 Å². The minimum atomic E-state index is -0.463. The number of ether oxygens (including phenoxy) is 1. The van der Waals surface area contributed by atoms with Gasteiger partial charge < -0.3 is 9.84 Å². The van der Waals surface area contributed by atoms with Crippen LogP contribution in [0.25, 0.3) is 0 Å². The van der Waals surface area contributed by atoms with Gasteiger partial charge in [0.05, 0.1) is 7.11 Å². The summed E-state index contributed by atoms with van der Waals surface area (Å²) >= 11 is 0. The molecular formula is C8H16O2. The number of aliphatic hydroxyl groups is 1. The molecule has 60 valence electrons. The first-order valence-electron chi connectivity index (χ1n) is 3.51. The first-order chi connectivity index (χ1) is 4.63. The molecule has 0 aliphatic heterocycles. The van der Waals surface area contributed by atoms with E-state index in [2.05, 4.69) is 0 Å². The summed E-state index contributed by atoms with van der Waals surface area (Å²) in [5, 5.41) is 9.39. The van der Waals surface area contributed by atoms with Crippen molar-refractivity contribution in [1.29, 1.82) is 0 Å². The number of hydrogen-bond donors (Lipinski definition) is 1. The van der Waals surface area contributed by atoms with Crippen LogP contribution < -0.4 is 0 Å². The van der Waals surface area contributed by atoms with Crippen molar-refractivity contribution in [3.05, 3.63) is 11.8 Å². The number of rotatable bonds is 3. The zero-order valence-corrected chi connectivity index (χ0v) is 7.09. The Balaban J connectivity index is 4.03. The van der Waals surface area contributed by atoms with Crippen LogP contribution in [0.2, 0.25) is 0 Å². The summed E-state index contributed by atoms with van der Waals surface area (Å²) in [6.07, 6.45) is 1.32. The van der Waals surface area contributed by atoms with E-state index in [9.17, 15) is 5.11 Å². The monoisotopic (exact) mass is 144 g/mol. The van der Waals surface area contributed by atoms with Crippen molar-refractivity contribution in [3.8, 4) is 0 Å². The lowest BCUT2D eigenvalue weighted by Crippen LogP contribution is -2.18. The van der Waals surface area contributed by atoms with Crippen LogP contribution in [0.3, 0.4) is 0 Å². The SMILES string of the molecule is C/C=C(/OC)C(O)C(C)C. The molecule has 10 heavy (non-hydrogen) atoms. The van der Waals surface area contributed by atoms with Gasteiger partial charge in [0, 0.05) is 0 Å². The standard InChI is InChI=1S/C8H16O2/c1-5-7(10-4)8(9)6(2)3/h5-6,8-9H,1-4H3/b7-5+. The van der Waals surface area contributed by atoms with Gasteiger partial charge in [0.15, 0.2) is 0 Å². The fourth-order valence-electron chi connectivity index (χ4n) is 0.738. The second-order valence-corrected chi connectivity index (χ2v) is 2.58. The molecule has 0 fully saturated rings. The van der Waals surface area contributed by atoms with Gasteiger partial charge in [-0.2, -0.15) is 0 Å². The zero-order valence-electron chi connectivity index (χ0n) is 7.09. The number of aliphatic hydroxyl groups excluding tert-OH is 1. The van der Waals surface area contributed by atoms with E-state index < -0.39 is 6.10 Å². The van der Waals surface area contributed by atoms with Gasteiger partial charge in [0.25, 0.3) is 0 Å². The molecule has 2 heteroatoms. The average molecular weight is 144 g/mol. The van der Waals surface area contributed by atoms with E-state index in [1.165, 1.54) is 0 Å². The lowest BCUT2D eigenvalue weighted by Gasteiger charge is -2.16. The van der Waals surface area contributed by atoms with E-state index in [1.807, 2.05) is 20.8 Å². The lowest BCUT2D eigenvalue weighted by atomic mass is 10.1. The minimum Gasteiger partial charge on any atom is -0.499 e. The second kappa shape index (κ2) is 4.34. The summed E-state index contributed by atoms with van der Waals surface area (Å²) in [6, 6.07) is 0. The van der Waals surface area contributed by atoms with Crippen LogP contribution in [-0.4, -0.2) is 18.3 Å². The normalized spacial score (nSPS) is 15.6. The highest BCUT2D eigenvalue weighted by molar-refractivity contribution is 4.98. The van der Waals surface area contributed by atoms with Crippen LogP contribution in [0.4, 0.5) is 0 Å². The highest BCUT2D eigenvalue weighted by Gasteiger charge is 2.13. The number of hydrogen-bond acceptors (Lipinski definition) is 2. The molecule has 1 N–H and O–H groups in total. The van der Waals surface area contributed by atoms with Crippen molar-refractivity contribution < 1.29 is 9.84 Å². The summed E-state index contributed by atoms with van der Waals surface area (Å²) in [4.78, 5) is 0. The summed E-state index contributed by atoms with van der Waals surface area (Å²) in [5.74, 6) is 0.862. The molecule has 0 saturated carbocycles. The van der Waals surface area contributed by atoms with Crippen molar-refractivity contribution in [2.75, 3.05) is 7.11 Å². The Bertz CT molecular complexity index is 116. The van der Waals surface area contributed by atoms with Gasteiger partial charge in [0.1, 0.15) is 11.9 Å². The molecule has 0 spiro atoms. The highest BCUT2D eigenvalue weighted by atomic mass is 16.5. The van der Waals surface area contributed by atoms with Gasteiger partial charge in [-0.1, -0.05) is 13.8 Å². The molecule has 0 amide bonds. The number of allylic oxidation sites excluding steroid dienone is 1. The Labute approximate surface area is 62.5 Å². The second-order valence-electron chi connectivity index (χ2n) is 2.58. The predicted molar refractivity (Wildman–Crippen MR) is 41.6 cm³/mol. The average Bonchev–Trinajstić information content (AvgIpc) is 1.90. The third-order valence-electron chi connectivity index (χ3n) is 1.44. The Morgan fingerprint density at radius 3 is 2.10 bits per heavy atom. The maximum absolute atomic E-state index is 9.39. The third kappa shape index (κ3) is 2.40. The molecule has 1 unspecified atom stereocenters. The molecule has 0 saturated heterocycles. The van der Waals surface area contributed by atoms with E-state index in [0.29, 0.717) is 5.76 Å². The predicted octanol–water partition coefficient (Wildman–Crippen LogP) is 1.55. The molecule has 0 radical (unpaired) electrons. The maximum Gasteiger partial charge on any atom is 0.120 e. The molecule has 0 aliphatic carbocycles. The van der Waals surface area contributed by atoms with E-state index in [0.717, 1.165) is 0 Å². The molecule has 0 aromatic carbocycles. The quantitative estimate of drug-likeness (QED) is 0.609. The van der Waals surface area contributed by atoms with Crippen LogP contribution in [0.5, 0.6) is 0 Å². The molecule has 2 nitrogen and oxygen atoms in total. The Morgan fingerprint density at radius 2 is 2.00 bits per heavy atom. The van der Waals surface area contributed by atoms with E-state index in [4.69, 9.17) is 4.74 Å². The van der Waals surface area contributed by atoms with Crippen LogP contribution in [0, 0.1) is 5.92 Å². The first-order valence-corrected chi connectivity index (χ1v) is 3.51. The van der Waals surface area contributed by atoms with Crippen molar-refractivity contribution in [1.82, 2.24) is 0 Å². The van der Waals surface area contributed by atoms with Gasteiger partial charge in [-0.3, -0.25) is 0 Å². The van der Waals surface area contributed by atoms with E-state index >= 15 is 0 Å². The summed E-state index contributed by atoms with van der Waals surface area (Å²) < 4.78 is 4.93. The summed E-state index contributed by atoms with van der Waals surface area (Å²) in [7, 11) is 1.57. The van der Waals surface area contributed by atoms with Crippen molar-refractivity contribution in [3.63, 3.8) is 0 Å². The van der Waals surface area contributed by atoms with Crippen LogP contribution in [-0.2, 0) is 4.74 Å². The maximum atomic E-state index is 9.39. The van der Waals surface area contributed by atoms with Gasteiger partial charge in [0.2, 0.25) is 0 Å². The topological polar surface area (TPSA) is 29.5 Å². The Kier molecular flexibility index (Phi) is 4.12. The third-order valence-corrected chi connectivity index (χ3v) is 1.44. The fraction of sp³-hybridized carbons (Fsp3) is 0.750. The number of methoxy groups -OCH3 is 1. The lowest BCUT2D eigenvalue weighted by molar-refractivity contribution is 0.0925. The van der Waals surface area contributed by atoms with Gasteiger partial charge in [-0.15, -0.1) is 0 Å². The molecule has 0 rings (SSSR count). The van der Waals surface area contributed by atoms with Crippen LogP contribution >= 0.6 is 0 Å². The van der Waals surface area contributed by atoms with Gasteiger partial charge in [-0.25, -0.2) is 0 Å². The Morgan fingerprint density at radius 1 is 1.50 bits per heavy atom. The van der Waals surface area contributed by atoms with Crippen molar-refractivity contribution in [2.24, 2.45) is 5.92 Å². The fourth-order valence-corrected chi connectivity index (χ4v) is 0.738. The Hall–Kier alpha value is -0.500. The highest BCUT2D eigenvalue weighted by Crippen LogP contribution is 2.11. The van der Waals surface area contributed by atoms with E-state index in [-0.39, 0.29) is 5.92 Å². The van der Waals surface area contributed by atoms with Crippen molar-refractivity contribution in [2.45, 2.75) is 26.9 Å². The zero-order chi connectivity index (χ0) is 8.15.